The summed E-state index contributed by atoms with van der Waals surface area (Å²) < 4.78 is 0.721. The van der Waals surface area contributed by atoms with Crippen LogP contribution in [0.4, 0.5) is 5.69 Å². The van der Waals surface area contributed by atoms with Gasteiger partial charge < -0.3 is 5.32 Å². The Morgan fingerprint density at radius 1 is 1.22 bits per heavy atom. The molecule has 0 saturated carbocycles. The van der Waals surface area contributed by atoms with Crippen molar-refractivity contribution < 1.29 is 9.59 Å². The van der Waals surface area contributed by atoms with Crippen LogP contribution in [0.25, 0.3) is 0 Å². The highest BCUT2D eigenvalue weighted by atomic mass is 79.9. The molecule has 0 atom stereocenters. The van der Waals surface area contributed by atoms with E-state index in [1.807, 2.05) is 6.07 Å². The number of hydrogen-bond donors (Lipinski definition) is 2. The second-order valence-electron chi connectivity index (χ2n) is 3.42. The van der Waals surface area contributed by atoms with E-state index in [0.717, 1.165) is 10.2 Å². The maximum atomic E-state index is 11.6. The quantitative estimate of drug-likeness (QED) is 0.770. The van der Waals surface area contributed by atoms with Crippen LogP contribution in [0.1, 0.15) is 0 Å². The number of amidine groups is 1. The molecule has 1 heterocycles. The molecule has 0 spiro atoms. The number of thioether (sulfide) groups is 1. The average molecular weight is 328 g/mol. The standard InChI is InChI=1S/C11H10BrN3O2S/c12-7-3-1-2-4-8(7)14-9(16)10(17)15-11-13-5-6-18-11/h1-4H,5-6H2,(H,14,16)(H,13,15,17). The summed E-state index contributed by atoms with van der Waals surface area (Å²) in [4.78, 5) is 27.3. The summed E-state index contributed by atoms with van der Waals surface area (Å²) in [5, 5.41) is 5.49. The molecule has 18 heavy (non-hydrogen) atoms. The Labute approximate surface area is 117 Å². The number of nitrogens with zero attached hydrogens (tertiary/aromatic N) is 1. The molecule has 2 amide bonds. The number of hydrogen-bond acceptors (Lipinski definition) is 4. The molecule has 2 N–H and O–H groups in total. The summed E-state index contributed by atoms with van der Waals surface area (Å²) in [5.74, 6) is -0.586. The van der Waals surface area contributed by atoms with E-state index in [4.69, 9.17) is 0 Å². The fourth-order valence-electron chi connectivity index (χ4n) is 1.31. The molecule has 0 bridgehead atoms. The highest BCUT2D eigenvalue weighted by Gasteiger charge is 2.18. The Kier molecular flexibility index (Phi) is 4.38. The molecule has 0 unspecified atom stereocenters. The van der Waals surface area contributed by atoms with Crippen molar-refractivity contribution in [3.05, 3.63) is 28.7 Å². The van der Waals surface area contributed by atoms with Crippen molar-refractivity contribution in [1.29, 1.82) is 0 Å². The third kappa shape index (κ3) is 3.33. The van der Waals surface area contributed by atoms with Crippen LogP contribution < -0.4 is 10.6 Å². The van der Waals surface area contributed by atoms with Crippen LogP contribution in [-0.2, 0) is 9.59 Å². The van der Waals surface area contributed by atoms with Gasteiger partial charge in [0.05, 0.1) is 12.2 Å². The molecule has 1 aromatic carbocycles. The Bertz CT molecular complexity index is 519. The number of para-hydroxylation sites is 1. The van der Waals surface area contributed by atoms with E-state index in [9.17, 15) is 9.59 Å². The lowest BCUT2D eigenvalue weighted by atomic mass is 10.3. The van der Waals surface area contributed by atoms with Crippen LogP contribution in [0.5, 0.6) is 0 Å². The van der Waals surface area contributed by atoms with Gasteiger partial charge >= 0.3 is 11.8 Å². The number of halogens is 1. The maximum Gasteiger partial charge on any atom is 0.315 e. The van der Waals surface area contributed by atoms with Gasteiger partial charge in [-0.1, -0.05) is 23.9 Å². The second kappa shape index (κ2) is 6.01. The lowest BCUT2D eigenvalue weighted by Crippen LogP contribution is -2.37. The summed E-state index contributed by atoms with van der Waals surface area (Å²) in [5.41, 5.74) is 0.554. The van der Waals surface area contributed by atoms with Crippen molar-refractivity contribution >= 4 is 50.4 Å². The number of carbonyl (C=O) groups excluding carboxylic acids is 2. The number of carbonyl (C=O) groups is 2. The van der Waals surface area contributed by atoms with Crippen LogP contribution in [0.3, 0.4) is 0 Å². The minimum absolute atomic E-state index is 0.502. The first-order chi connectivity index (χ1) is 8.66. The summed E-state index contributed by atoms with van der Waals surface area (Å²) in [6.45, 7) is 0.673. The molecular formula is C11H10BrN3O2S. The molecule has 5 nitrogen and oxygen atoms in total. The monoisotopic (exact) mass is 327 g/mol. The Balaban J connectivity index is 1.95. The molecule has 0 saturated heterocycles. The van der Waals surface area contributed by atoms with Crippen molar-refractivity contribution in [1.82, 2.24) is 5.32 Å². The van der Waals surface area contributed by atoms with Crippen LogP contribution in [0, 0.1) is 0 Å². The third-order valence-corrected chi connectivity index (χ3v) is 3.72. The molecule has 1 aliphatic heterocycles. The molecule has 94 valence electrons. The molecular weight excluding hydrogens is 318 g/mol. The van der Waals surface area contributed by atoms with Gasteiger partial charge in [0.25, 0.3) is 0 Å². The summed E-state index contributed by atoms with van der Waals surface area (Å²) in [6, 6.07) is 7.08. The maximum absolute atomic E-state index is 11.6. The number of rotatable bonds is 1. The first-order valence-corrected chi connectivity index (χ1v) is 6.99. The van der Waals surface area contributed by atoms with Crippen molar-refractivity contribution in [3.63, 3.8) is 0 Å². The van der Waals surface area contributed by atoms with Gasteiger partial charge in [0.15, 0.2) is 5.17 Å². The van der Waals surface area contributed by atoms with Gasteiger partial charge in [0, 0.05) is 10.2 Å². The van der Waals surface area contributed by atoms with Gasteiger partial charge in [-0.2, -0.15) is 0 Å². The van der Waals surface area contributed by atoms with E-state index < -0.39 is 11.8 Å². The SMILES string of the molecule is O=C(NC1=NCCS1)C(=O)Nc1ccccc1Br. The van der Waals surface area contributed by atoms with Crippen molar-refractivity contribution in [3.8, 4) is 0 Å². The highest BCUT2D eigenvalue weighted by molar-refractivity contribution is 9.10. The first kappa shape index (κ1) is 13.1. The number of benzene rings is 1. The second-order valence-corrected chi connectivity index (χ2v) is 5.36. The molecule has 0 fully saturated rings. The zero-order valence-corrected chi connectivity index (χ0v) is 11.7. The topological polar surface area (TPSA) is 70.6 Å². The van der Waals surface area contributed by atoms with E-state index in [-0.39, 0.29) is 0 Å². The molecule has 0 aromatic heterocycles. The van der Waals surface area contributed by atoms with Crippen molar-refractivity contribution in [2.24, 2.45) is 4.99 Å². The predicted molar refractivity (Wildman–Crippen MR) is 75.7 cm³/mol. The number of aliphatic imine (C=N–C) groups is 1. The smallest absolute Gasteiger partial charge is 0.315 e. The molecule has 0 aliphatic carbocycles. The molecule has 2 rings (SSSR count). The fraction of sp³-hybridized carbons (Fsp3) is 0.182. The highest BCUT2D eigenvalue weighted by Crippen LogP contribution is 2.20. The number of nitrogens with one attached hydrogen (secondary N) is 2. The zero-order valence-electron chi connectivity index (χ0n) is 9.27. The zero-order chi connectivity index (χ0) is 13.0. The summed E-state index contributed by atoms with van der Waals surface area (Å²) in [7, 11) is 0. The van der Waals surface area contributed by atoms with Crippen LogP contribution >= 0.6 is 27.7 Å². The number of anilines is 1. The van der Waals surface area contributed by atoms with E-state index >= 15 is 0 Å². The predicted octanol–water partition coefficient (Wildman–Crippen LogP) is 1.61. The normalized spacial score (nSPS) is 13.9. The van der Waals surface area contributed by atoms with Crippen molar-refractivity contribution in [2.45, 2.75) is 0 Å². The lowest BCUT2D eigenvalue weighted by Gasteiger charge is -2.07. The largest absolute Gasteiger partial charge is 0.317 e. The summed E-state index contributed by atoms with van der Waals surface area (Å²) >= 11 is 4.71. The Morgan fingerprint density at radius 3 is 2.61 bits per heavy atom. The number of amides is 2. The van der Waals surface area contributed by atoms with Gasteiger partial charge in [-0.3, -0.25) is 19.9 Å². The van der Waals surface area contributed by atoms with Crippen LogP contribution in [-0.4, -0.2) is 29.3 Å². The minimum Gasteiger partial charge on any atom is -0.317 e. The third-order valence-electron chi connectivity index (χ3n) is 2.13. The first-order valence-electron chi connectivity index (χ1n) is 5.21. The van der Waals surface area contributed by atoms with Gasteiger partial charge in [0.2, 0.25) is 0 Å². The fourth-order valence-corrected chi connectivity index (χ4v) is 2.41. The minimum atomic E-state index is -0.711. The Hall–Kier alpha value is -1.34. The molecule has 0 radical (unpaired) electrons. The average Bonchev–Trinajstić information content (AvgIpc) is 2.84. The molecule has 1 aromatic rings. The summed E-state index contributed by atoms with van der Waals surface area (Å²) in [6.07, 6.45) is 0. The van der Waals surface area contributed by atoms with Gasteiger partial charge in [-0.25, -0.2) is 0 Å². The van der Waals surface area contributed by atoms with Crippen LogP contribution in [0.15, 0.2) is 33.7 Å². The van der Waals surface area contributed by atoms with E-state index in [1.54, 1.807) is 18.2 Å². The van der Waals surface area contributed by atoms with E-state index in [1.165, 1.54) is 11.8 Å². The van der Waals surface area contributed by atoms with Gasteiger partial charge in [0.1, 0.15) is 0 Å². The van der Waals surface area contributed by atoms with Crippen LogP contribution in [0.2, 0.25) is 0 Å². The molecule has 7 heteroatoms. The van der Waals surface area contributed by atoms with E-state index in [0.29, 0.717) is 17.4 Å². The van der Waals surface area contributed by atoms with Gasteiger partial charge in [-0.15, -0.1) is 0 Å². The molecule has 1 aliphatic rings. The lowest BCUT2D eigenvalue weighted by molar-refractivity contribution is -0.135. The van der Waals surface area contributed by atoms with Gasteiger partial charge in [-0.05, 0) is 28.1 Å². The Morgan fingerprint density at radius 2 is 1.94 bits per heavy atom. The van der Waals surface area contributed by atoms with E-state index in [2.05, 4.69) is 31.6 Å². The van der Waals surface area contributed by atoms with Crippen molar-refractivity contribution in [2.75, 3.05) is 17.6 Å².